The molecular formula is C11H20O5. The fourth-order valence-electron chi connectivity index (χ4n) is 1.43. The third kappa shape index (κ3) is 4.61. The van der Waals surface area contributed by atoms with E-state index < -0.39 is 17.4 Å². The van der Waals surface area contributed by atoms with Gasteiger partial charge in [-0.05, 0) is 19.8 Å². The Labute approximate surface area is 95.1 Å². The number of hydrogen-bond donors (Lipinski definition) is 3. The molecule has 0 amide bonds. The molecule has 0 fully saturated rings. The third-order valence-electron chi connectivity index (χ3n) is 2.78. The Morgan fingerprint density at radius 1 is 0.938 bits per heavy atom. The molecule has 0 spiro atoms. The number of rotatable bonds is 9. The Hall–Kier alpha value is -1.10. The van der Waals surface area contributed by atoms with Gasteiger partial charge in [-0.25, -0.2) is 0 Å². The number of carboxylic acids is 2. The zero-order valence-corrected chi connectivity index (χ0v) is 9.61. The van der Waals surface area contributed by atoms with E-state index in [1.54, 1.807) is 0 Å². The third-order valence-corrected chi connectivity index (χ3v) is 2.78. The summed E-state index contributed by atoms with van der Waals surface area (Å²) in [5.74, 6) is -2.56. The van der Waals surface area contributed by atoms with Gasteiger partial charge >= 0.3 is 11.9 Å². The zero-order chi connectivity index (χ0) is 12.6. The number of aliphatic hydroxyl groups is 1. The van der Waals surface area contributed by atoms with Gasteiger partial charge in [0, 0.05) is 6.61 Å². The molecule has 0 aromatic carbocycles. The Morgan fingerprint density at radius 3 is 1.81 bits per heavy atom. The maximum atomic E-state index is 10.8. The van der Waals surface area contributed by atoms with Gasteiger partial charge in [0.15, 0.2) is 5.41 Å². The predicted molar refractivity (Wildman–Crippen MR) is 58.2 cm³/mol. The average molecular weight is 232 g/mol. The minimum Gasteiger partial charge on any atom is -0.480 e. The molecule has 0 aliphatic rings. The van der Waals surface area contributed by atoms with E-state index >= 15 is 0 Å². The molecule has 0 bridgehead atoms. The Balaban J connectivity index is 3.88. The van der Waals surface area contributed by atoms with Crippen LogP contribution in [0.25, 0.3) is 0 Å². The van der Waals surface area contributed by atoms with E-state index in [1.165, 1.54) is 6.92 Å². The van der Waals surface area contributed by atoms with E-state index in [1.807, 2.05) is 0 Å². The van der Waals surface area contributed by atoms with Crippen LogP contribution >= 0.6 is 0 Å². The lowest BCUT2D eigenvalue weighted by atomic mass is 9.85. The lowest BCUT2D eigenvalue weighted by Gasteiger charge is -2.19. The van der Waals surface area contributed by atoms with Crippen molar-refractivity contribution in [3.8, 4) is 0 Å². The quantitative estimate of drug-likeness (QED) is 0.413. The monoisotopic (exact) mass is 232 g/mol. The van der Waals surface area contributed by atoms with Gasteiger partial charge in [0.1, 0.15) is 0 Å². The van der Waals surface area contributed by atoms with Gasteiger partial charge in [-0.2, -0.15) is 0 Å². The minimum absolute atomic E-state index is 0.150. The molecule has 0 aromatic heterocycles. The molecule has 5 heteroatoms. The highest BCUT2D eigenvalue weighted by molar-refractivity contribution is 5.97. The van der Waals surface area contributed by atoms with E-state index in [2.05, 4.69) is 0 Å². The molecule has 0 radical (unpaired) electrons. The van der Waals surface area contributed by atoms with Crippen LogP contribution < -0.4 is 0 Å². The predicted octanol–water partition coefficient (Wildman–Crippen LogP) is 1.49. The van der Waals surface area contributed by atoms with Crippen LogP contribution in [-0.2, 0) is 9.59 Å². The maximum absolute atomic E-state index is 10.8. The lowest BCUT2D eigenvalue weighted by Crippen LogP contribution is -2.36. The number of unbranched alkanes of at least 4 members (excludes halogenated alkanes) is 4. The van der Waals surface area contributed by atoms with Crippen LogP contribution in [0.2, 0.25) is 0 Å². The van der Waals surface area contributed by atoms with Crippen LogP contribution in [-0.4, -0.2) is 33.9 Å². The Bertz CT molecular complexity index is 223. The molecule has 0 heterocycles. The smallest absolute Gasteiger partial charge is 0.320 e. The molecule has 0 aliphatic carbocycles. The van der Waals surface area contributed by atoms with Crippen LogP contribution in [0.3, 0.4) is 0 Å². The SMILES string of the molecule is CC(CCCCCCCO)(C(=O)O)C(=O)O. The molecule has 0 aromatic rings. The van der Waals surface area contributed by atoms with Crippen molar-refractivity contribution in [3.63, 3.8) is 0 Å². The topological polar surface area (TPSA) is 94.8 Å². The van der Waals surface area contributed by atoms with Crippen LogP contribution in [0.4, 0.5) is 0 Å². The average Bonchev–Trinajstić information content (AvgIpc) is 2.22. The van der Waals surface area contributed by atoms with Gasteiger partial charge in [0.05, 0.1) is 0 Å². The summed E-state index contributed by atoms with van der Waals surface area (Å²) >= 11 is 0. The summed E-state index contributed by atoms with van der Waals surface area (Å²) in [6.45, 7) is 1.41. The van der Waals surface area contributed by atoms with Crippen LogP contribution in [0.15, 0.2) is 0 Å². The van der Waals surface area contributed by atoms with Crippen molar-refractivity contribution in [3.05, 3.63) is 0 Å². The van der Waals surface area contributed by atoms with Crippen LogP contribution in [0.5, 0.6) is 0 Å². The van der Waals surface area contributed by atoms with Crippen molar-refractivity contribution < 1.29 is 24.9 Å². The fourth-order valence-corrected chi connectivity index (χ4v) is 1.43. The van der Waals surface area contributed by atoms with Gasteiger partial charge in [-0.1, -0.05) is 25.7 Å². The van der Waals surface area contributed by atoms with Crippen molar-refractivity contribution >= 4 is 11.9 Å². The lowest BCUT2D eigenvalue weighted by molar-refractivity contribution is -0.163. The highest BCUT2D eigenvalue weighted by atomic mass is 16.4. The van der Waals surface area contributed by atoms with Gasteiger partial charge in [-0.15, -0.1) is 0 Å². The molecule has 0 aliphatic heterocycles. The fraction of sp³-hybridized carbons (Fsp3) is 0.818. The van der Waals surface area contributed by atoms with Crippen molar-refractivity contribution in [1.29, 1.82) is 0 Å². The summed E-state index contributed by atoms with van der Waals surface area (Å²) in [6.07, 6.45) is 4.08. The second kappa shape index (κ2) is 7.22. The molecule has 0 unspecified atom stereocenters. The van der Waals surface area contributed by atoms with E-state index in [4.69, 9.17) is 15.3 Å². The van der Waals surface area contributed by atoms with Gasteiger partial charge < -0.3 is 15.3 Å². The van der Waals surface area contributed by atoms with Crippen molar-refractivity contribution in [2.24, 2.45) is 5.41 Å². The molecule has 3 N–H and O–H groups in total. The zero-order valence-electron chi connectivity index (χ0n) is 9.61. The van der Waals surface area contributed by atoms with Crippen molar-refractivity contribution in [2.75, 3.05) is 6.61 Å². The normalized spacial score (nSPS) is 11.4. The van der Waals surface area contributed by atoms with Crippen molar-refractivity contribution in [2.45, 2.75) is 45.4 Å². The van der Waals surface area contributed by atoms with E-state index in [-0.39, 0.29) is 13.0 Å². The minimum atomic E-state index is -1.67. The first kappa shape index (κ1) is 14.9. The molecule has 0 atom stereocenters. The van der Waals surface area contributed by atoms with Crippen molar-refractivity contribution in [1.82, 2.24) is 0 Å². The summed E-state index contributed by atoms with van der Waals surface area (Å²) in [6, 6.07) is 0. The van der Waals surface area contributed by atoms with Gasteiger partial charge in [-0.3, -0.25) is 9.59 Å². The summed E-state index contributed by atoms with van der Waals surface area (Å²) in [5, 5.41) is 26.2. The first-order valence-electron chi connectivity index (χ1n) is 5.53. The summed E-state index contributed by atoms with van der Waals surface area (Å²) in [7, 11) is 0. The van der Waals surface area contributed by atoms with Gasteiger partial charge in [0.25, 0.3) is 0 Å². The second-order valence-corrected chi connectivity index (χ2v) is 4.18. The number of aliphatic hydroxyl groups excluding tert-OH is 1. The van der Waals surface area contributed by atoms with Gasteiger partial charge in [0.2, 0.25) is 0 Å². The number of aliphatic carboxylic acids is 2. The highest BCUT2D eigenvalue weighted by Crippen LogP contribution is 2.25. The van der Waals surface area contributed by atoms with E-state index in [0.29, 0.717) is 6.42 Å². The highest BCUT2D eigenvalue weighted by Gasteiger charge is 2.40. The largest absolute Gasteiger partial charge is 0.480 e. The molecular weight excluding hydrogens is 212 g/mol. The first-order valence-corrected chi connectivity index (χ1v) is 5.53. The van der Waals surface area contributed by atoms with Crippen LogP contribution in [0.1, 0.15) is 45.4 Å². The summed E-state index contributed by atoms with van der Waals surface area (Å²) < 4.78 is 0. The Kier molecular flexibility index (Phi) is 6.72. The molecule has 0 rings (SSSR count). The van der Waals surface area contributed by atoms with E-state index in [0.717, 1.165) is 25.7 Å². The maximum Gasteiger partial charge on any atom is 0.320 e. The molecule has 94 valence electrons. The molecule has 0 saturated heterocycles. The standard InChI is InChI=1S/C11H20O5/c1-11(9(13)14,10(15)16)7-5-3-2-4-6-8-12/h12H,2-8H2,1H3,(H,13,14)(H,15,16). The number of hydrogen-bond acceptors (Lipinski definition) is 3. The molecule has 0 saturated carbocycles. The molecule has 16 heavy (non-hydrogen) atoms. The summed E-state index contributed by atoms with van der Waals surface area (Å²) in [4.78, 5) is 21.6. The van der Waals surface area contributed by atoms with Crippen LogP contribution in [0, 0.1) is 5.41 Å². The first-order chi connectivity index (χ1) is 7.45. The Morgan fingerprint density at radius 2 is 1.38 bits per heavy atom. The second-order valence-electron chi connectivity index (χ2n) is 4.18. The summed E-state index contributed by atoms with van der Waals surface area (Å²) in [5.41, 5.74) is -1.67. The number of carbonyl (C=O) groups is 2. The number of carboxylic acid groups (broad SMARTS) is 2. The molecule has 5 nitrogen and oxygen atoms in total. The van der Waals surface area contributed by atoms with E-state index in [9.17, 15) is 9.59 Å².